The van der Waals surface area contributed by atoms with Crippen molar-refractivity contribution in [2.45, 2.75) is 13.0 Å². The molecule has 0 saturated carbocycles. The number of hydrogen-bond donors (Lipinski definition) is 1. The maximum atomic E-state index is 14.3. The number of hydrogen-bond acceptors (Lipinski definition) is 7. The highest BCUT2D eigenvalue weighted by Crippen LogP contribution is 2.47. The second-order valence-electron chi connectivity index (χ2n) is 8.70. The molecule has 3 heterocycles. The standard InChI is InChI=1S/C26H26FN3O4/c1-15-20(26(32)33-3)21-22(24(31)19-14-17(27)4-5-18(19)25(21)34-15)23(16-6-8-28-9-7-16)30-12-10-29(2)11-13-30/h4-9,14,23,31H,10-13H2,1-3H3. The molecule has 2 aromatic heterocycles. The Balaban J connectivity index is 1.90. The van der Waals surface area contributed by atoms with Crippen LogP contribution in [-0.4, -0.2) is 66.2 Å². The molecule has 7 nitrogen and oxygen atoms in total. The highest BCUT2D eigenvalue weighted by Gasteiger charge is 2.34. The number of carbonyl (C=O) groups is 1. The Bertz CT molecular complexity index is 1380. The molecule has 1 fully saturated rings. The second kappa shape index (κ2) is 8.70. The number of methoxy groups -OCH3 is 1. The van der Waals surface area contributed by atoms with Gasteiger partial charge in [0, 0.05) is 60.3 Å². The van der Waals surface area contributed by atoms with Crippen LogP contribution in [0.15, 0.2) is 47.1 Å². The normalized spacial score (nSPS) is 16.2. The van der Waals surface area contributed by atoms with Crippen molar-refractivity contribution >= 4 is 27.7 Å². The number of esters is 1. The van der Waals surface area contributed by atoms with Crippen LogP contribution in [0.25, 0.3) is 21.7 Å². The Morgan fingerprint density at radius 1 is 1.15 bits per heavy atom. The third kappa shape index (κ3) is 3.59. The Hall–Kier alpha value is -3.49. The highest BCUT2D eigenvalue weighted by molar-refractivity contribution is 6.16. The minimum atomic E-state index is -0.551. The van der Waals surface area contributed by atoms with Crippen LogP contribution in [0.4, 0.5) is 4.39 Å². The minimum absolute atomic E-state index is 0.0753. The summed E-state index contributed by atoms with van der Waals surface area (Å²) in [6.07, 6.45) is 3.41. The number of fused-ring (bicyclic) bond motifs is 3. The number of ether oxygens (including phenoxy) is 1. The fraction of sp³-hybridized carbons (Fsp3) is 0.308. The first-order valence-electron chi connectivity index (χ1n) is 11.2. The predicted octanol–water partition coefficient (Wildman–Crippen LogP) is 4.26. The molecule has 8 heteroatoms. The number of phenolic OH excluding ortho intramolecular Hbond substituents is 1. The summed E-state index contributed by atoms with van der Waals surface area (Å²) in [5.74, 6) is -0.713. The average molecular weight is 464 g/mol. The Morgan fingerprint density at radius 3 is 2.53 bits per heavy atom. The molecule has 0 aliphatic carbocycles. The Labute approximate surface area is 196 Å². The number of piperazine rings is 1. The van der Waals surface area contributed by atoms with Gasteiger partial charge in [-0.05, 0) is 49.9 Å². The van der Waals surface area contributed by atoms with Crippen LogP contribution in [-0.2, 0) is 4.74 Å². The first-order chi connectivity index (χ1) is 16.4. The van der Waals surface area contributed by atoms with Gasteiger partial charge in [-0.15, -0.1) is 0 Å². The molecule has 1 aliphatic heterocycles. The maximum Gasteiger partial charge on any atom is 0.342 e. The van der Waals surface area contributed by atoms with E-state index in [0.29, 0.717) is 33.1 Å². The van der Waals surface area contributed by atoms with Crippen LogP contribution in [0.5, 0.6) is 5.75 Å². The smallest absolute Gasteiger partial charge is 0.342 e. The molecule has 1 N–H and O–H groups in total. The van der Waals surface area contributed by atoms with E-state index in [1.807, 2.05) is 12.1 Å². The van der Waals surface area contributed by atoms with Crippen molar-refractivity contribution in [1.29, 1.82) is 0 Å². The van der Waals surface area contributed by atoms with Gasteiger partial charge in [-0.3, -0.25) is 9.88 Å². The number of phenols is 1. The molecule has 2 aromatic carbocycles. The zero-order chi connectivity index (χ0) is 24.0. The fourth-order valence-corrected chi connectivity index (χ4v) is 4.97. The van der Waals surface area contributed by atoms with Gasteiger partial charge in [0.25, 0.3) is 0 Å². The van der Waals surface area contributed by atoms with Crippen LogP contribution in [0.2, 0.25) is 0 Å². The largest absolute Gasteiger partial charge is 0.507 e. The van der Waals surface area contributed by atoms with E-state index < -0.39 is 17.8 Å². The number of benzene rings is 2. The quantitative estimate of drug-likeness (QED) is 0.453. The molecule has 1 saturated heterocycles. The third-order valence-electron chi connectivity index (χ3n) is 6.68. The Kier molecular flexibility index (Phi) is 5.71. The van der Waals surface area contributed by atoms with E-state index in [9.17, 15) is 14.3 Å². The van der Waals surface area contributed by atoms with Crippen molar-refractivity contribution < 1.29 is 23.4 Å². The summed E-state index contributed by atoms with van der Waals surface area (Å²) in [7, 11) is 3.39. The van der Waals surface area contributed by atoms with Gasteiger partial charge in [0.2, 0.25) is 0 Å². The van der Waals surface area contributed by atoms with E-state index in [1.165, 1.54) is 19.2 Å². The van der Waals surface area contributed by atoms with Crippen LogP contribution in [0.3, 0.4) is 0 Å². The van der Waals surface area contributed by atoms with E-state index >= 15 is 0 Å². The number of aromatic hydroxyl groups is 1. The summed E-state index contributed by atoms with van der Waals surface area (Å²) in [6.45, 7) is 4.88. The summed E-state index contributed by atoms with van der Waals surface area (Å²) in [4.78, 5) is 21.5. The van der Waals surface area contributed by atoms with Gasteiger partial charge in [-0.2, -0.15) is 0 Å². The summed E-state index contributed by atoms with van der Waals surface area (Å²) in [5.41, 5.74) is 2.10. The lowest BCUT2D eigenvalue weighted by Crippen LogP contribution is -2.46. The van der Waals surface area contributed by atoms with Gasteiger partial charge >= 0.3 is 5.97 Å². The lowest BCUT2D eigenvalue weighted by Gasteiger charge is -2.39. The number of rotatable bonds is 4. The molecular formula is C26H26FN3O4. The summed E-state index contributed by atoms with van der Waals surface area (Å²) in [6, 6.07) is 7.57. The zero-order valence-electron chi connectivity index (χ0n) is 19.3. The molecule has 5 rings (SSSR count). The van der Waals surface area contributed by atoms with Crippen molar-refractivity contribution in [2.24, 2.45) is 0 Å². The minimum Gasteiger partial charge on any atom is -0.507 e. The lowest BCUT2D eigenvalue weighted by molar-refractivity contribution is 0.0600. The van der Waals surface area contributed by atoms with E-state index in [4.69, 9.17) is 9.15 Å². The van der Waals surface area contributed by atoms with Crippen molar-refractivity contribution in [3.63, 3.8) is 0 Å². The molecule has 1 unspecified atom stereocenters. The van der Waals surface area contributed by atoms with Crippen molar-refractivity contribution in [1.82, 2.24) is 14.8 Å². The van der Waals surface area contributed by atoms with Crippen LogP contribution >= 0.6 is 0 Å². The number of nitrogens with zero attached hydrogens (tertiary/aromatic N) is 3. The van der Waals surface area contributed by atoms with E-state index in [-0.39, 0.29) is 11.3 Å². The van der Waals surface area contributed by atoms with Crippen molar-refractivity contribution in [3.05, 3.63) is 71.0 Å². The van der Waals surface area contributed by atoms with Gasteiger partial charge in [-0.25, -0.2) is 9.18 Å². The van der Waals surface area contributed by atoms with E-state index in [2.05, 4.69) is 21.8 Å². The zero-order valence-corrected chi connectivity index (χ0v) is 19.3. The second-order valence-corrected chi connectivity index (χ2v) is 8.70. The number of aryl methyl sites for hydroxylation is 1. The SMILES string of the molecule is COC(=O)c1c(C)oc2c1c(C(c1ccncc1)N1CCN(C)CC1)c(O)c1cc(F)ccc12. The first kappa shape index (κ1) is 22.3. The molecule has 4 aromatic rings. The van der Waals surface area contributed by atoms with Crippen molar-refractivity contribution in [2.75, 3.05) is 40.3 Å². The topological polar surface area (TPSA) is 79.0 Å². The molecule has 0 amide bonds. The molecule has 1 atom stereocenters. The van der Waals surface area contributed by atoms with Gasteiger partial charge in [0.15, 0.2) is 0 Å². The number of aromatic nitrogens is 1. The van der Waals surface area contributed by atoms with E-state index in [1.54, 1.807) is 25.4 Å². The van der Waals surface area contributed by atoms with E-state index in [0.717, 1.165) is 31.7 Å². The number of halogens is 1. The monoisotopic (exact) mass is 463 g/mol. The predicted molar refractivity (Wildman–Crippen MR) is 127 cm³/mol. The van der Waals surface area contributed by atoms with Crippen LogP contribution in [0.1, 0.15) is 33.3 Å². The molecule has 0 bridgehead atoms. The van der Waals surface area contributed by atoms with Crippen LogP contribution in [0, 0.1) is 12.7 Å². The van der Waals surface area contributed by atoms with Gasteiger partial charge in [0.05, 0.1) is 13.2 Å². The fourth-order valence-electron chi connectivity index (χ4n) is 4.97. The lowest BCUT2D eigenvalue weighted by atomic mass is 9.89. The summed E-state index contributed by atoms with van der Waals surface area (Å²) < 4.78 is 25.5. The van der Waals surface area contributed by atoms with Gasteiger partial charge in [-0.1, -0.05) is 0 Å². The summed E-state index contributed by atoms with van der Waals surface area (Å²) in [5, 5.41) is 13.0. The number of carbonyl (C=O) groups excluding carboxylic acids is 1. The van der Waals surface area contributed by atoms with Crippen LogP contribution < -0.4 is 0 Å². The first-order valence-corrected chi connectivity index (χ1v) is 11.2. The van der Waals surface area contributed by atoms with Crippen molar-refractivity contribution in [3.8, 4) is 5.75 Å². The number of furan rings is 1. The molecule has 0 radical (unpaired) electrons. The summed E-state index contributed by atoms with van der Waals surface area (Å²) >= 11 is 0. The average Bonchev–Trinajstić information content (AvgIpc) is 3.19. The molecule has 0 spiro atoms. The highest BCUT2D eigenvalue weighted by atomic mass is 19.1. The maximum absolute atomic E-state index is 14.3. The molecular weight excluding hydrogens is 437 g/mol. The number of pyridine rings is 1. The molecule has 176 valence electrons. The number of likely N-dealkylation sites (N-methyl/N-ethyl adjacent to an activating group) is 1. The van der Waals surface area contributed by atoms with Gasteiger partial charge < -0.3 is 19.2 Å². The molecule has 1 aliphatic rings. The third-order valence-corrected chi connectivity index (χ3v) is 6.68. The Morgan fingerprint density at radius 2 is 1.85 bits per heavy atom. The van der Waals surface area contributed by atoms with Gasteiger partial charge in [0.1, 0.15) is 28.5 Å². The molecule has 34 heavy (non-hydrogen) atoms.